The van der Waals surface area contributed by atoms with Gasteiger partial charge in [0.2, 0.25) is 17.7 Å². The molecular formula is C10H19N3O3S. The van der Waals surface area contributed by atoms with Crippen LogP contribution in [0, 0.1) is 0 Å². The van der Waals surface area contributed by atoms with Crippen molar-refractivity contribution >= 4 is 30.4 Å². The number of hydrogen-bond donors (Lipinski definition) is 3. The molecule has 0 fully saturated rings. The van der Waals surface area contributed by atoms with Gasteiger partial charge < -0.3 is 15.5 Å². The summed E-state index contributed by atoms with van der Waals surface area (Å²) in [6.07, 6.45) is 0.234. The normalized spacial score (nSPS) is 11.5. The minimum Gasteiger partial charge on any atom is -0.359 e. The molecule has 0 radical (unpaired) electrons. The van der Waals surface area contributed by atoms with E-state index in [2.05, 4.69) is 23.3 Å². The van der Waals surface area contributed by atoms with E-state index >= 15 is 0 Å². The van der Waals surface area contributed by atoms with E-state index in [9.17, 15) is 14.4 Å². The largest absolute Gasteiger partial charge is 0.359 e. The number of amides is 3. The van der Waals surface area contributed by atoms with Gasteiger partial charge >= 0.3 is 0 Å². The molecule has 0 saturated heterocycles. The van der Waals surface area contributed by atoms with Crippen molar-refractivity contribution in [1.82, 2.24) is 15.5 Å². The van der Waals surface area contributed by atoms with Gasteiger partial charge in [0.05, 0.1) is 0 Å². The van der Waals surface area contributed by atoms with Crippen LogP contribution in [0.1, 0.15) is 13.3 Å². The Labute approximate surface area is 107 Å². The van der Waals surface area contributed by atoms with Crippen LogP contribution in [-0.4, -0.2) is 55.1 Å². The number of hydrogen-bond acceptors (Lipinski definition) is 4. The van der Waals surface area contributed by atoms with Crippen molar-refractivity contribution in [3.8, 4) is 0 Å². The fraction of sp³-hybridized carbons (Fsp3) is 0.700. The molecule has 0 aromatic carbocycles. The summed E-state index contributed by atoms with van der Waals surface area (Å²) in [5.74, 6) is -0.439. The Morgan fingerprint density at radius 1 is 1.35 bits per heavy atom. The highest BCUT2D eigenvalue weighted by molar-refractivity contribution is 7.80. The lowest BCUT2D eigenvalue weighted by atomic mass is 10.2. The molecule has 7 heteroatoms. The second-order valence-corrected chi connectivity index (χ2v) is 3.98. The van der Waals surface area contributed by atoms with Crippen LogP contribution in [0.4, 0.5) is 0 Å². The van der Waals surface area contributed by atoms with Gasteiger partial charge in [-0.05, 0) is 0 Å². The molecule has 0 heterocycles. The molecule has 1 unspecified atom stereocenters. The van der Waals surface area contributed by atoms with Gasteiger partial charge in [0.1, 0.15) is 6.04 Å². The lowest BCUT2D eigenvalue weighted by Crippen LogP contribution is -2.48. The minimum absolute atomic E-state index is 0.133. The van der Waals surface area contributed by atoms with E-state index in [1.807, 2.05) is 0 Å². The summed E-state index contributed by atoms with van der Waals surface area (Å²) in [5.41, 5.74) is 0. The maximum atomic E-state index is 11.8. The van der Waals surface area contributed by atoms with E-state index in [0.717, 1.165) is 0 Å². The molecule has 0 aliphatic rings. The van der Waals surface area contributed by atoms with Crippen LogP contribution in [0.25, 0.3) is 0 Å². The number of carbonyl (C=O) groups is 3. The first-order valence-electron chi connectivity index (χ1n) is 5.25. The predicted molar refractivity (Wildman–Crippen MR) is 67.8 cm³/mol. The zero-order valence-corrected chi connectivity index (χ0v) is 11.2. The third kappa shape index (κ3) is 6.15. The van der Waals surface area contributed by atoms with Gasteiger partial charge in [-0.3, -0.25) is 14.4 Å². The Morgan fingerprint density at radius 3 is 2.35 bits per heavy atom. The van der Waals surface area contributed by atoms with Gasteiger partial charge in [-0.15, -0.1) is 0 Å². The second kappa shape index (κ2) is 7.94. The van der Waals surface area contributed by atoms with Crippen LogP contribution in [0.2, 0.25) is 0 Å². The number of rotatable bonds is 6. The van der Waals surface area contributed by atoms with Crippen LogP contribution < -0.4 is 10.6 Å². The van der Waals surface area contributed by atoms with E-state index in [0.29, 0.717) is 6.54 Å². The third-order valence-corrected chi connectivity index (χ3v) is 2.55. The summed E-state index contributed by atoms with van der Waals surface area (Å²) in [6, 6.07) is -0.648. The molecule has 98 valence electrons. The van der Waals surface area contributed by atoms with Crippen molar-refractivity contribution in [2.24, 2.45) is 0 Å². The summed E-state index contributed by atoms with van der Waals surface area (Å²) < 4.78 is 0. The number of thiol groups is 1. The fourth-order valence-electron chi connectivity index (χ4n) is 1.20. The SMILES string of the molecule is CNC(=O)CCN(C)C(=O)C(CS)NC(C)=O. The first-order valence-corrected chi connectivity index (χ1v) is 5.89. The first kappa shape index (κ1) is 15.8. The summed E-state index contributed by atoms with van der Waals surface area (Å²) in [6.45, 7) is 1.65. The maximum absolute atomic E-state index is 11.8. The molecule has 6 nitrogen and oxygen atoms in total. The average molecular weight is 261 g/mol. The van der Waals surface area contributed by atoms with Gasteiger partial charge in [0, 0.05) is 39.7 Å². The predicted octanol–water partition coefficient (Wildman–Crippen LogP) is -0.985. The molecule has 0 spiro atoms. The molecule has 0 aliphatic carbocycles. The number of carbonyl (C=O) groups excluding carboxylic acids is 3. The molecule has 17 heavy (non-hydrogen) atoms. The number of nitrogens with one attached hydrogen (secondary N) is 2. The Bertz CT molecular complexity index is 297. The van der Waals surface area contributed by atoms with E-state index in [1.165, 1.54) is 18.9 Å². The lowest BCUT2D eigenvalue weighted by Gasteiger charge is -2.22. The molecule has 0 aliphatic heterocycles. The van der Waals surface area contributed by atoms with E-state index in [-0.39, 0.29) is 29.9 Å². The van der Waals surface area contributed by atoms with Gasteiger partial charge in [0.25, 0.3) is 0 Å². The topological polar surface area (TPSA) is 78.5 Å². The Balaban J connectivity index is 4.25. The van der Waals surface area contributed by atoms with Crippen molar-refractivity contribution < 1.29 is 14.4 Å². The highest BCUT2D eigenvalue weighted by Crippen LogP contribution is 1.97. The van der Waals surface area contributed by atoms with Gasteiger partial charge in [-0.25, -0.2) is 0 Å². The first-order chi connectivity index (χ1) is 7.92. The molecule has 0 aromatic rings. The summed E-state index contributed by atoms with van der Waals surface area (Å²) in [7, 11) is 3.13. The van der Waals surface area contributed by atoms with Crippen molar-refractivity contribution in [3.05, 3.63) is 0 Å². The van der Waals surface area contributed by atoms with Crippen molar-refractivity contribution in [1.29, 1.82) is 0 Å². The standard InChI is InChI=1S/C10H19N3O3S/c1-7(14)12-8(6-17)10(16)13(3)5-4-9(15)11-2/h8,17H,4-6H2,1-3H3,(H,11,15)(H,12,14). The van der Waals surface area contributed by atoms with Crippen molar-refractivity contribution in [2.75, 3.05) is 26.4 Å². The zero-order chi connectivity index (χ0) is 13.4. The Hall–Kier alpha value is -1.24. The van der Waals surface area contributed by atoms with Crippen LogP contribution in [0.5, 0.6) is 0 Å². The minimum atomic E-state index is -0.648. The lowest BCUT2D eigenvalue weighted by molar-refractivity contribution is -0.134. The summed E-state index contributed by atoms with van der Waals surface area (Å²) >= 11 is 4.01. The van der Waals surface area contributed by atoms with Crippen molar-refractivity contribution in [2.45, 2.75) is 19.4 Å². The monoisotopic (exact) mass is 261 g/mol. The summed E-state index contributed by atoms with van der Waals surface area (Å²) in [4.78, 5) is 35.1. The van der Waals surface area contributed by atoms with Gasteiger partial charge in [-0.1, -0.05) is 0 Å². The van der Waals surface area contributed by atoms with Crippen LogP contribution in [-0.2, 0) is 14.4 Å². The number of nitrogens with zero attached hydrogens (tertiary/aromatic N) is 1. The van der Waals surface area contributed by atoms with Crippen LogP contribution >= 0.6 is 12.6 Å². The van der Waals surface area contributed by atoms with Gasteiger partial charge in [-0.2, -0.15) is 12.6 Å². The Morgan fingerprint density at radius 2 is 1.94 bits per heavy atom. The van der Waals surface area contributed by atoms with E-state index in [1.54, 1.807) is 7.05 Å². The van der Waals surface area contributed by atoms with Crippen molar-refractivity contribution in [3.63, 3.8) is 0 Å². The van der Waals surface area contributed by atoms with Crippen LogP contribution in [0.15, 0.2) is 0 Å². The number of likely N-dealkylation sites (N-methyl/N-ethyl adjacent to an activating group) is 1. The quantitative estimate of drug-likeness (QED) is 0.538. The van der Waals surface area contributed by atoms with Crippen LogP contribution in [0.3, 0.4) is 0 Å². The smallest absolute Gasteiger partial charge is 0.245 e. The fourth-order valence-corrected chi connectivity index (χ4v) is 1.45. The molecule has 3 amide bonds. The molecule has 0 rings (SSSR count). The Kier molecular flexibility index (Phi) is 7.36. The average Bonchev–Trinajstić information content (AvgIpc) is 2.31. The molecule has 0 aromatic heterocycles. The van der Waals surface area contributed by atoms with E-state index in [4.69, 9.17) is 0 Å². The molecule has 0 bridgehead atoms. The highest BCUT2D eigenvalue weighted by atomic mass is 32.1. The molecule has 0 saturated carbocycles. The molecular weight excluding hydrogens is 242 g/mol. The second-order valence-electron chi connectivity index (χ2n) is 3.62. The third-order valence-electron chi connectivity index (χ3n) is 2.19. The molecule has 1 atom stereocenters. The maximum Gasteiger partial charge on any atom is 0.245 e. The summed E-state index contributed by atoms with van der Waals surface area (Å²) in [5, 5.41) is 4.98. The zero-order valence-electron chi connectivity index (χ0n) is 10.3. The molecule has 2 N–H and O–H groups in total. The highest BCUT2D eigenvalue weighted by Gasteiger charge is 2.21. The van der Waals surface area contributed by atoms with Gasteiger partial charge in [0.15, 0.2) is 0 Å². The van der Waals surface area contributed by atoms with E-state index < -0.39 is 6.04 Å².